The summed E-state index contributed by atoms with van der Waals surface area (Å²) in [5.41, 5.74) is 11.9. The van der Waals surface area contributed by atoms with Crippen molar-refractivity contribution in [3.05, 3.63) is 182 Å². The highest BCUT2D eigenvalue weighted by atomic mass is 16.4. The Morgan fingerprint density at radius 3 is 1.65 bits per heavy atom. The first-order valence-electron chi connectivity index (χ1n) is 17.1. The van der Waals surface area contributed by atoms with E-state index in [4.69, 9.17) is 13.8 Å². The highest BCUT2D eigenvalue weighted by Crippen LogP contribution is 2.41. The molecule has 0 radical (unpaired) electrons. The van der Waals surface area contributed by atoms with Crippen LogP contribution in [-0.4, -0.2) is 4.98 Å². The molecule has 0 atom stereocenters. The summed E-state index contributed by atoms with van der Waals surface area (Å²) in [4.78, 5) is 7.05. The van der Waals surface area contributed by atoms with Gasteiger partial charge in [-0.1, -0.05) is 109 Å². The Morgan fingerprint density at radius 2 is 0.922 bits per heavy atom. The van der Waals surface area contributed by atoms with Gasteiger partial charge in [0.2, 0.25) is 5.89 Å². The number of benzene rings is 8. The Labute approximate surface area is 294 Å². The Bertz CT molecular complexity index is 2840. The van der Waals surface area contributed by atoms with E-state index in [0.717, 1.165) is 55.7 Å². The molecule has 51 heavy (non-hydrogen) atoms. The Morgan fingerprint density at radius 1 is 0.353 bits per heavy atom. The van der Waals surface area contributed by atoms with Gasteiger partial charge in [-0.05, 0) is 93.7 Å². The van der Waals surface area contributed by atoms with Crippen LogP contribution in [0.4, 0.5) is 17.1 Å². The van der Waals surface area contributed by atoms with Crippen LogP contribution in [0.3, 0.4) is 0 Å². The minimum Gasteiger partial charge on any atom is -0.456 e. The molecule has 10 aromatic rings. The van der Waals surface area contributed by atoms with Crippen molar-refractivity contribution in [1.29, 1.82) is 0 Å². The van der Waals surface area contributed by atoms with Crippen LogP contribution in [0, 0.1) is 0 Å². The van der Waals surface area contributed by atoms with Crippen LogP contribution >= 0.6 is 0 Å². The summed E-state index contributed by atoms with van der Waals surface area (Å²) >= 11 is 0. The smallest absolute Gasteiger partial charge is 0.227 e. The molecule has 10 rings (SSSR count). The van der Waals surface area contributed by atoms with Crippen molar-refractivity contribution in [3.8, 4) is 33.7 Å². The predicted octanol–water partition coefficient (Wildman–Crippen LogP) is 13.4. The lowest BCUT2D eigenvalue weighted by Crippen LogP contribution is -2.09. The van der Waals surface area contributed by atoms with Crippen molar-refractivity contribution >= 4 is 60.9 Å². The summed E-state index contributed by atoms with van der Waals surface area (Å²) in [6.07, 6.45) is 0. The predicted molar refractivity (Wildman–Crippen MR) is 210 cm³/mol. The van der Waals surface area contributed by atoms with Gasteiger partial charge in [0, 0.05) is 45.5 Å². The molecule has 0 amide bonds. The molecule has 2 aromatic heterocycles. The number of rotatable bonds is 6. The second kappa shape index (κ2) is 11.9. The summed E-state index contributed by atoms with van der Waals surface area (Å²) in [6, 6.07) is 63.6. The van der Waals surface area contributed by atoms with Crippen LogP contribution in [-0.2, 0) is 0 Å². The number of hydrogen-bond donors (Lipinski definition) is 0. The van der Waals surface area contributed by atoms with Crippen molar-refractivity contribution in [2.45, 2.75) is 0 Å². The summed E-state index contributed by atoms with van der Waals surface area (Å²) < 4.78 is 12.7. The van der Waals surface area contributed by atoms with Gasteiger partial charge in [0.25, 0.3) is 0 Å². The number of oxazole rings is 1. The highest BCUT2D eigenvalue weighted by molar-refractivity contribution is 6.09. The first-order chi connectivity index (χ1) is 25.2. The second-order valence-electron chi connectivity index (χ2n) is 12.8. The van der Waals surface area contributed by atoms with Crippen LogP contribution in [0.25, 0.3) is 77.5 Å². The molecule has 0 aliphatic heterocycles. The van der Waals surface area contributed by atoms with Gasteiger partial charge in [-0.3, -0.25) is 0 Å². The molecule has 0 aliphatic rings. The maximum Gasteiger partial charge on any atom is 0.227 e. The van der Waals surface area contributed by atoms with Crippen LogP contribution in [0.15, 0.2) is 191 Å². The first-order valence-corrected chi connectivity index (χ1v) is 17.1. The van der Waals surface area contributed by atoms with Crippen molar-refractivity contribution < 1.29 is 8.83 Å². The average molecular weight is 655 g/mol. The molecule has 0 saturated heterocycles. The standard InChI is InChI=1S/C47H30N2O2/c1-3-9-31(10-4-1)33-17-21-38(22-18-33)49(39-23-19-34(20-24-39)37-16-15-32-11-7-8-14-36(32)27-37)40-25-26-41-42-29-46-43(30-45(42)50-44(41)28-40)48-47(51-46)35-12-5-2-6-13-35/h1-30H. The van der Waals surface area contributed by atoms with E-state index in [1.165, 1.54) is 33.0 Å². The highest BCUT2D eigenvalue weighted by Gasteiger charge is 2.18. The molecule has 4 heteroatoms. The van der Waals surface area contributed by atoms with Crippen molar-refractivity contribution in [3.63, 3.8) is 0 Å². The van der Waals surface area contributed by atoms with E-state index in [9.17, 15) is 0 Å². The molecular formula is C47H30N2O2. The van der Waals surface area contributed by atoms with E-state index in [-0.39, 0.29) is 0 Å². The quantitative estimate of drug-likeness (QED) is 0.179. The number of hydrogen-bond acceptors (Lipinski definition) is 4. The Kier molecular flexibility index (Phi) is 6.78. The monoisotopic (exact) mass is 654 g/mol. The Hall–Kier alpha value is -6.91. The lowest BCUT2D eigenvalue weighted by molar-refractivity contribution is 0.620. The van der Waals surface area contributed by atoms with Gasteiger partial charge in [-0.25, -0.2) is 4.98 Å². The van der Waals surface area contributed by atoms with Gasteiger partial charge < -0.3 is 13.7 Å². The van der Waals surface area contributed by atoms with E-state index >= 15 is 0 Å². The number of aromatic nitrogens is 1. The minimum absolute atomic E-state index is 0.602. The molecule has 8 aromatic carbocycles. The molecule has 0 fully saturated rings. The van der Waals surface area contributed by atoms with Gasteiger partial charge in [0.15, 0.2) is 5.58 Å². The number of fused-ring (bicyclic) bond motifs is 5. The largest absolute Gasteiger partial charge is 0.456 e. The molecule has 0 spiro atoms. The average Bonchev–Trinajstić information content (AvgIpc) is 3.78. The van der Waals surface area contributed by atoms with E-state index in [1.54, 1.807) is 0 Å². The number of furan rings is 1. The van der Waals surface area contributed by atoms with E-state index in [2.05, 4.69) is 138 Å². The van der Waals surface area contributed by atoms with E-state index in [1.807, 2.05) is 48.5 Å². The lowest BCUT2D eigenvalue weighted by atomic mass is 10.0. The summed E-state index contributed by atoms with van der Waals surface area (Å²) in [5.74, 6) is 0.602. The van der Waals surface area contributed by atoms with E-state index in [0.29, 0.717) is 5.89 Å². The maximum absolute atomic E-state index is 6.52. The third-order valence-corrected chi connectivity index (χ3v) is 9.68. The van der Waals surface area contributed by atoms with E-state index < -0.39 is 0 Å². The lowest BCUT2D eigenvalue weighted by Gasteiger charge is -2.26. The van der Waals surface area contributed by atoms with Gasteiger partial charge in [0.1, 0.15) is 16.7 Å². The maximum atomic E-state index is 6.52. The molecule has 0 aliphatic carbocycles. The fourth-order valence-electron chi connectivity index (χ4n) is 7.08. The molecule has 240 valence electrons. The third-order valence-electron chi connectivity index (χ3n) is 9.68. The molecule has 0 bridgehead atoms. The van der Waals surface area contributed by atoms with Gasteiger partial charge in [-0.2, -0.15) is 0 Å². The van der Waals surface area contributed by atoms with Crippen LogP contribution in [0.2, 0.25) is 0 Å². The molecule has 0 N–H and O–H groups in total. The number of nitrogens with zero attached hydrogens (tertiary/aromatic N) is 2. The zero-order valence-electron chi connectivity index (χ0n) is 27.5. The zero-order valence-corrected chi connectivity index (χ0v) is 27.5. The molecule has 0 unspecified atom stereocenters. The zero-order chi connectivity index (χ0) is 33.7. The topological polar surface area (TPSA) is 42.4 Å². The number of anilines is 3. The summed E-state index contributed by atoms with van der Waals surface area (Å²) in [7, 11) is 0. The Balaban J connectivity index is 1.06. The first kappa shape index (κ1) is 29.0. The van der Waals surface area contributed by atoms with Crippen LogP contribution in [0.1, 0.15) is 0 Å². The van der Waals surface area contributed by atoms with Crippen LogP contribution in [0.5, 0.6) is 0 Å². The molecule has 2 heterocycles. The molecule has 0 saturated carbocycles. The summed E-state index contributed by atoms with van der Waals surface area (Å²) in [5, 5.41) is 4.50. The molecular weight excluding hydrogens is 625 g/mol. The second-order valence-corrected chi connectivity index (χ2v) is 12.8. The van der Waals surface area contributed by atoms with Crippen LogP contribution < -0.4 is 4.90 Å². The normalized spacial score (nSPS) is 11.5. The summed E-state index contributed by atoms with van der Waals surface area (Å²) in [6.45, 7) is 0. The van der Waals surface area contributed by atoms with Crippen molar-refractivity contribution in [1.82, 2.24) is 4.98 Å². The fraction of sp³-hybridized carbons (Fsp3) is 0. The van der Waals surface area contributed by atoms with Crippen molar-refractivity contribution in [2.24, 2.45) is 0 Å². The van der Waals surface area contributed by atoms with Gasteiger partial charge in [-0.15, -0.1) is 0 Å². The third kappa shape index (κ3) is 5.22. The van der Waals surface area contributed by atoms with Gasteiger partial charge >= 0.3 is 0 Å². The van der Waals surface area contributed by atoms with Crippen molar-refractivity contribution in [2.75, 3.05) is 4.90 Å². The SMILES string of the molecule is c1ccc(-c2ccc(N(c3ccc(-c4ccc5ccccc5c4)cc3)c3ccc4c(c3)oc3cc5nc(-c6ccccc6)oc5cc34)cc2)cc1. The molecule has 4 nitrogen and oxygen atoms in total. The fourth-order valence-corrected chi connectivity index (χ4v) is 7.08. The van der Waals surface area contributed by atoms with Gasteiger partial charge in [0.05, 0.1) is 0 Å². The minimum atomic E-state index is 0.602.